The first-order valence-electron chi connectivity index (χ1n) is 9.60. The molecule has 6 nitrogen and oxygen atoms in total. The molecule has 29 heavy (non-hydrogen) atoms. The molecule has 2 aromatic rings. The maximum atomic E-state index is 12.3. The zero-order chi connectivity index (χ0) is 21.8. The molecule has 0 aliphatic rings. The molecule has 0 saturated heterocycles. The van der Waals surface area contributed by atoms with E-state index in [9.17, 15) is 13.2 Å². The number of amides is 1. The van der Waals surface area contributed by atoms with Crippen LogP contribution in [0.5, 0.6) is 5.75 Å². The highest BCUT2D eigenvalue weighted by molar-refractivity contribution is 7.92. The molecule has 0 aromatic heterocycles. The molecule has 1 N–H and O–H groups in total. The number of carbonyl (C=O) groups excluding carboxylic acids is 1. The lowest BCUT2D eigenvalue weighted by molar-refractivity contribution is -0.123. The number of sulfonamides is 1. The Balaban J connectivity index is 1.96. The molecule has 0 unspecified atom stereocenters. The Kier molecular flexibility index (Phi) is 7.30. The van der Waals surface area contributed by atoms with Crippen LogP contribution in [0.3, 0.4) is 0 Å². The van der Waals surface area contributed by atoms with Crippen molar-refractivity contribution >= 4 is 21.6 Å². The predicted octanol–water partition coefficient (Wildman–Crippen LogP) is 3.65. The Hall–Kier alpha value is -2.54. The van der Waals surface area contributed by atoms with Gasteiger partial charge in [0.2, 0.25) is 10.0 Å². The van der Waals surface area contributed by atoms with E-state index in [0.29, 0.717) is 18.0 Å². The number of nitrogens with zero attached hydrogens (tertiary/aromatic N) is 1. The Bertz CT molecular complexity index is 969. The highest BCUT2D eigenvalue weighted by Gasteiger charge is 2.16. The third-order valence-electron chi connectivity index (χ3n) is 4.91. The van der Waals surface area contributed by atoms with E-state index in [-0.39, 0.29) is 18.6 Å². The Morgan fingerprint density at radius 3 is 2.21 bits per heavy atom. The second kappa shape index (κ2) is 9.31. The quantitative estimate of drug-likeness (QED) is 0.710. The van der Waals surface area contributed by atoms with Crippen LogP contribution >= 0.6 is 0 Å². The molecule has 1 atom stereocenters. The standard InChI is InChI=1S/C22H30N2O4S/c1-7-24(29(6,26)27)19-8-10-20(11-9-19)28-14-22(25)23-18(5)21-13-16(3)15(2)12-17(21)4/h8-13,18H,7,14H2,1-6H3,(H,23,25)/t18-/m0/s1. The third-order valence-corrected chi connectivity index (χ3v) is 6.18. The second-order valence-corrected chi connectivity index (χ2v) is 9.20. The molecule has 0 aliphatic heterocycles. The molecule has 0 spiro atoms. The van der Waals surface area contributed by atoms with Gasteiger partial charge >= 0.3 is 0 Å². The molecule has 0 bridgehead atoms. The summed E-state index contributed by atoms with van der Waals surface area (Å²) in [5, 5.41) is 2.96. The molecule has 2 aromatic carbocycles. The summed E-state index contributed by atoms with van der Waals surface area (Å²) >= 11 is 0. The molecular weight excluding hydrogens is 388 g/mol. The minimum Gasteiger partial charge on any atom is -0.484 e. The highest BCUT2D eigenvalue weighted by Crippen LogP contribution is 2.23. The fourth-order valence-corrected chi connectivity index (χ4v) is 4.25. The van der Waals surface area contributed by atoms with Crippen molar-refractivity contribution in [2.45, 2.75) is 40.7 Å². The number of hydrogen-bond donors (Lipinski definition) is 1. The highest BCUT2D eigenvalue weighted by atomic mass is 32.2. The van der Waals surface area contributed by atoms with Gasteiger partial charge in [0.15, 0.2) is 6.61 Å². The van der Waals surface area contributed by atoms with Crippen molar-refractivity contribution in [1.29, 1.82) is 0 Å². The summed E-state index contributed by atoms with van der Waals surface area (Å²) in [4.78, 5) is 12.3. The van der Waals surface area contributed by atoms with Gasteiger partial charge in [-0.1, -0.05) is 12.1 Å². The largest absolute Gasteiger partial charge is 0.484 e. The Morgan fingerprint density at radius 2 is 1.66 bits per heavy atom. The van der Waals surface area contributed by atoms with Crippen molar-refractivity contribution < 1.29 is 17.9 Å². The van der Waals surface area contributed by atoms with Gasteiger partial charge in [0.25, 0.3) is 5.91 Å². The van der Waals surface area contributed by atoms with Crippen LogP contribution in [0.25, 0.3) is 0 Å². The summed E-state index contributed by atoms with van der Waals surface area (Å²) in [5.74, 6) is 0.286. The number of ether oxygens (including phenoxy) is 1. The van der Waals surface area contributed by atoms with Crippen LogP contribution in [0.1, 0.15) is 42.1 Å². The van der Waals surface area contributed by atoms with Crippen LogP contribution in [0, 0.1) is 20.8 Å². The van der Waals surface area contributed by atoms with Gasteiger partial charge in [-0.15, -0.1) is 0 Å². The van der Waals surface area contributed by atoms with Crippen molar-refractivity contribution in [3.05, 3.63) is 58.7 Å². The monoisotopic (exact) mass is 418 g/mol. The van der Waals surface area contributed by atoms with Gasteiger partial charge in [-0.25, -0.2) is 8.42 Å². The van der Waals surface area contributed by atoms with Gasteiger partial charge in [-0.05, 0) is 81.1 Å². The summed E-state index contributed by atoms with van der Waals surface area (Å²) in [6, 6.07) is 10.8. The molecule has 2 rings (SSSR count). The predicted molar refractivity (Wildman–Crippen MR) is 117 cm³/mol. The summed E-state index contributed by atoms with van der Waals surface area (Å²) in [7, 11) is -3.33. The minimum absolute atomic E-state index is 0.114. The van der Waals surface area contributed by atoms with Crippen molar-refractivity contribution in [3.63, 3.8) is 0 Å². The topological polar surface area (TPSA) is 75.7 Å². The second-order valence-electron chi connectivity index (χ2n) is 7.29. The Morgan fingerprint density at radius 1 is 1.07 bits per heavy atom. The smallest absolute Gasteiger partial charge is 0.258 e. The summed E-state index contributed by atoms with van der Waals surface area (Å²) in [6.45, 7) is 10.1. The van der Waals surface area contributed by atoms with Gasteiger partial charge in [0.05, 0.1) is 18.0 Å². The van der Waals surface area contributed by atoms with Crippen LogP contribution in [0.4, 0.5) is 5.69 Å². The van der Waals surface area contributed by atoms with Crippen LogP contribution in [-0.4, -0.2) is 33.7 Å². The maximum Gasteiger partial charge on any atom is 0.258 e. The first-order valence-corrected chi connectivity index (χ1v) is 11.5. The van der Waals surface area contributed by atoms with E-state index < -0.39 is 10.0 Å². The fraction of sp³-hybridized carbons (Fsp3) is 0.409. The average Bonchev–Trinajstić information content (AvgIpc) is 2.63. The van der Waals surface area contributed by atoms with E-state index in [4.69, 9.17) is 4.74 Å². The third kappa shape index (κ3) is 5.97. The van der Waals surface area contributed by atoms with Crippen LogP contribution in [-0.2, 0) is 14.8 Å². The van der Waals surface area contributed by atoms with Crippen LogP contribution < -0.4 is 14.4 Å². The van der Waals surface area contributed by atoms with Crippen molar-refractivity contribution in [2.24, 2.45) is 0 Å². The molecule has 158 valence electrons. The zero-order valence-electron chi connectivity index (χ0n) is 17.9. The van der Waals surface area contributed by atoms with Gasteiger partial charge < -0.3 is 10.1 Å². The first kappa shape index (κ1) is 22.7. The number of rotatable bonds is 8. The number of hydrogen-bond acceptors (Lipinski definition) is 4. The number of nitrogens with one attached hydrogen (secondary N) is 1. The lowest BCUT2D eigenvalue weighted by Crippen LogP contribution is -2.31. The summed E-state index contributed by atoms with van der Waals surface area (Å²) < 4.78 is 30.4. The van der Waals surface area contributed by atoms with Crippen molar-refractivity contribution in [1.82, 2.24) is 5.32 Å². The molecule has 0 fully saturated rings. The number of benzene rings is 2. The van der Waals surface area contributed by atoms with Gasteiger partial charge in [-0.2, -0.15) is 0 Å². The lowest BCUT2D eigenvalue weighted by atomic mass is 9.96. The Labute approximate surface area is 173 Å². The van der Waals surface area contributed by atoms with E-state index in [1.165, 1.54) is 21.7 Å². The minimum atomic E-state index is -3.33. The molecule has 1 amide bonds. The van der Waals surface area contributed by atoms with E-state index >= 15 is 0 Å². The van der Waals surface area contributed by atoms with Gasteiger partial charge in [0, 0.05) is 6.54 Å². The number of anilines is 1. The van der Waals surface area contributed by atoms with Crippen LogP contribution in [0.15, 0.2) is 36.4 Å². The number of carbonyl (C=O) groups is 1. The lowest BCUT2D eigenvalue weighted by Gasteiger charge is -2.20. The molecular formula is C22H30N2O4S. The molecule has 0 aliphatic carbocycles. The van der Waals surface area contributed by atoms with Crippen molar-refractivity contribution in [2.75, 3.05) is 23.7 Å². The SMILES string of the molecule is CCN(c1ccc(OCC(=O)N[C@@H](C)c2cc(C)c(C)cc2C)cc1)S(C)(=O)=O. The average molecular weight is 419 g/mol. The zero-order valence-corrected chi connectivity index (χ0v) is 18.8. The molecule has 7 heteroatoms. The number of aryl methyl sites for hydroxylation is 3. The van der Waals surface area contributed by atoms with E-state index in [1.54, 1.807) is 31.2 Å². The van der Waals surface area contributed by atoms with E-state index in [0.717, 1.165) is 11.1 Å². The molecule has 0 radical (unpaired) electrons. The fourth-order valence-electron chi connectivity index (χ4n) is 3.28. The normalized spacial score (nSPS) is 12.3. The first-order chi connectivity index (χ1) is 13.5. The van der Waals surface area contributed by atoms with Gasteiger partial charge in [0.1, 0.15) is 5.75 Å². The summed E-state index contributed by atoms with van der Waals surface area (Å²) in [6.07, 6.45) is 1.17. The molecule has 0 heterocycles. The molecule has 0 saturated carbocycles. The van der Waals surface area contributed by atoms with Crippen LogP contribution in [0.2, 0.25) is 0 Å². The van der Waals surface area contributed by atoms with Gasteiger partial charge in [-0.3, -0.25) is 9.10 Å². The summed E-state index contributed by atoms with van der Waals surface area (Å²) in [5.41, 5.74) is 5.22. The maximum absolute atomic E-state index is 12.3. The van der Waals surface area contributed by atoms with E-state index in [2.05, 4.69) is 31.3 Å². The van der Waals surface area contributed by atoms with E-state index in [1.807, 2.05) is 13.8 Å². The van der Waals surface area contributed by atoms with Crippen molar-refractivity contribution in [3.8, 4) is 5.75 Å².